The van der Waals surface area contributed by atoms with Gasteiger partial charge in [-0.1, -0.05) is 148 Å². The van der Waals surface area contributed by atoms with Gasteiger partial charge in [0.15, 0.2) is 0 Å². The maximum atomic E-state index is 4.81. The number of nitrogens with zero attached hydrogens (tertiary/aromatic N) is 3. The van der Waals surface area contributed by atoms with Crippen LogP contribution in [0.4, 0.5) is 22.7 Å². The topological polar surface area (TPSA) is 11.4 Å². The Morgan fingerprint density at radius 1 is 0.613 bits per heavy atom. The van der Waals surface area contributed by atoms with Crippen molar-refractivity contribution >= 4 is 87.4 Å². The molecular formula is C57H50BN3Si. The third-order valence-corrected chi connectivity index (χ3v) is 18.9. The second kappa shape index (κ2) is 11.8. The minimum absolute atomic E-state index is 0.0804. The Balaban J connectivity index is 1.16. The number of hydrogen-bond donors (Lipinski definition) is 0. The van der Waals surface area contributed by atoms with Gasteiger partial charge in [0.25, 0.3) is 6.71 Å². The Bertz CT molecular complexity index is 3330. The molecule has 1 saturated carbocycles. The Kier molecular flexibility index (Phi) is 6.76. The van der Waals surface area contributed by atoms with Crippen LogP contribution in [0.25, 0.3) is 27.5 Å². The predicted octanol–water partition coefficient (Wildman–Crippen LogP) is 10.3. The van der Waals surface area contributed by atoms with Gasteiger partial charge < -0.3 is 14.4 Å². The predicted molar refractivity (Wildman–Crippen MR) is 265 cm³/mol. The lowest BCUT2D eigenvalue weighted by atomic mass is 9.33. The SMILES string of the molecule is C=[Si](C)c1cc2c3c(c1)C1(c4ccccc4)CCCCC1(C)N3c1cc(N3c4ccccc4C4(C)CCc5ccccc5C34C)cc3c1B2c1cccc2c4ccccc4n-3c12. The number of anilines is 4. The molecular weight excluding hydrogens is 766 g/mol. The van der Waals surface area contributed by atoms with E-state index in [1.165, 1.54) is 112 Å². The summed E-state index contributed by atoms with van der Waals surface area (Å²) in [6.45, 7) is 10.3. The molecule has 6 aliphatic rings. The molecule has 62 heavy (non-hydrogen) atoms. The molecule has 3 nitrogen and oxygen atoms in total. The maximum absolute atomic E-state index is 4.81. The van der Waals surface area contributed by atoms with E-state index < -0.39 is 8.41 Å². The second-order valence-electron chi connectivity index (χ2n) is 20.2. The molecule has 7 aromatic carbocycles. The van der Waals surface area contributed by atoms with Crippen molar-refractivity contribution in [3.63, 3.8) is 0 Å². The van der Waals surface area contributed by atoms with E-state index >= 15 is 0 Å². The second-order valence-corrected chi connectivity index (χ2v) is 22.3. The lowest BCUT2D eigenvalue weighted by molar-refractivity contribution is 0.215. The highest BCUT2D eigenvalue weighted by Crippen LogP contribution is 2.66. The summed E-state index contributed by atoms with van der Waals surface area (Å²) in [7, 11) is -1.03. The number of hydrogen-bond acceptors (Lipinski definition) is 2. The van der Waals surface area contributed by atoms with Crippen LogP contribution in [0.1, 0.15) is 80.7 Å². The molecule has 1 aromatic heterocycles. The van der Waals surface area contributed by atoms with E-state index in [9.17, 15) is 0 Å². The van der Waals surface area contributed by atoms with Crippen LogP contribution in [0, 0.1) is 0 Å². The monoisotopic (exact) mass is 815 g/mol. The van der Waals surface area contributed by atoms with Gasteiger partial charge in [0.05, 0.1) is 16.6 Å². The summed E-state index contributed by atoms with van der Waals surface area (Å²) in [5.74, 6) is 0. The third-order valence-electron chi connectivity index (χ3n) is 17.7. The van der Waals surface area contributed by atoms with Crippen LogP contribution in [-0.4, -0.2) is 31.4 Å². The van der Waals surface area contributed by atoms with Gasteiger partial charge in [-0.3, -0.25) is 0 Å². The summed E-state index contributed by atoms with van der Waals surface area (Å²) >= 11 is 0. The number of aromatic nitrogens is 1. The third kappa shape index (κ3) is 3.89. The van der Waals surface area contributed by atoms with Gasteiger partial charge in [0.2, 0.25) is 0 Å². The molecule has 1 fully saturated rings. The quantitative estimate of drug-likeness (QED) is 0.165. The van der Waals surface area contributed by atoms with Crippen LogP contribution in [0.3, 0.4) is 0 Å². The van der Waals surface area contributed by atoms with Gasteiger partial charge in [0, 0.05) is 64.0 Å². The zero-order valence-corrected chi connectivity index (χ0v) is 37.2. The van der Waals surface area contributed by atoms with E-state index in [4.69, 9.17) is 6.17 Å². The highest BCUT2D eigenvalue weighted by molar-refractivity contribution is 7.00. The summed E-state index contributed by atoms with van der Waals surface area (Å²) in [5, 5.41) is 4.12. The Morgan fingerprint density at radius 2 is 1.34 bits per heavy atom. The molecule has 4 atom stereocenters. The normalized spacial score (nSPS) is 25.6. The van der Waals surface area contributed by atoms with Gasteiger partial charge in [-0.05, 0) is 113 Å². The zero-order chi connectivity index (χ0) is 41.5. The van der Waals surface area contributed by atoms with Crippen molar-refractivity contribution in [1.82, 2.24) is 4.57 Å². The van der Waals surface area contributed by atoms with E-state index in [-0.39, 0.29) is 28.6 Å². The van der Waals surface area contributed by atoms with Crippen molar-refractivity contribution in [2.75, 3.05) is 9.80 Å². The molecule has 5 heteroatoms. The van der Waals surface area contributed by atoms with Crippen molar-refractivity contribution in [2.45, 2.75) is 87.8 Å². The fourth-order valence-corrected chi connectivity index (χ4v) is 15.6. The number of aryl methyl sites for hydroxylation is 1. The van der Waals surface area contributed by atoms with Crippen LogP contribution in [-0.2, 0) is 22.8 Å². The molecule has 2 aliphatic carbocycles. The first-order chi connectivity index (χ1) is 30.2. The number of benzene rings is 7. The first-order valence-corrected chi connectivity index (χ1v) is 25.3. The summed E-state index contributed by atoms with van der Waals surface area (Å²) < 4.78 is 2.67. The van der Waals surface area contributed by atoms with E-state index in [1.807, 2.05) is 0 Å². The van der Waals surface area contributed by atoms with E-state index in [0.29, 0.717) is 0 Å². The van der Waals surface area contributed by atoms with Gasteiger partial charge in [0.1, 0.15) is 0 Å². The van der Waals surface area contributed by atoms with Crippen LogP contribution < -0.4 is 31.4 Å². The average Bonchev–Trinajstić information content (AvgIpc) is 3.85. The molecule has 5 heterocycles. The fraction of sp³-hybridized carbons (Fsp3) is 0.246. The van der Waals surface area contributed by atoms with Crippen LogP contribution >= 0.6 is 0 Å². The van der Waals surface area contributed by atoms with Gasteiger partial charge in [-0.15, -0.1) is 6.17 Å². The van der Waals surface area contributed by atoms with Crippen molar-refractivity contribution in [1.29, 1.82) is 0 Å². The molecule has 0 N–H and O–H groups in total. The number of para-hydroxylation sites is 3. The highest BCUT2D eigenvalue weighted by Gasteiger charge is 2.65. The highest BCUT2D eigenvalue weighted by atomic mass is 28.2. The van der Waals surface area contributed by atoms with Crippen molar-refractivity contribution in [3.8, 4) is 5.69 Å². The molecule has 0 radical (unpaired) electrons. The first-order valence-electron chi connectivity index (χ1n) is 23.1. The summed E-state index contributed by atoms with van der Waals surface area (Å²) in [6, 6.07) is 57.3. The van der Waals surface area contributed by atoms with Crippen molar-refractivity contribution < 1.29 is 0 Å². The van der Waals surface area contributed by atoms with E-state index in [1.54, 1.807) is 0 Å². The molecule has 4 unspecified atom stereocenters. The van der Waals surface area contributed by atoms with Gasteiger partial charge >= 0.3 is 0 Å². The summed E-state index contributed by atoms with van der Waals surface area (Å²) in [5.41, 5.74) is 20.5. The molecule has 0 bridgehead atoms. The number of fused-ring (bicyclic) bond motifs is 15. The fourth-order valence-electron chi connectivity index (χ4n) is 14.8. The van der Waals surface area contributed by atoms with Crippen LogP contribution in [0.5, 0.6) is 0 Å². The van der Waals surface area contributed by atoms with E-state index in [2.05, 4.69) is 187 Å². The molecule has 300 valence electrons. The van der Waals surface area contributed by atoms with Crippen LogP contribution in [0.2, 0.25) is 6.55 Å². The Labute approximate surface area is 366 Å². The molecule has 4 aliphatic heterocycles. The standard InChI is InChI=1S/C57H50BN3Si/c1-54-31-28-36-18-9-11-23-42(36)56(54,3)60(48-27-14-12-24-43(48)54)38-32-49-51-50(33-38)61-53-44(57(37-19-7-6-8-20-37)30-16-15-29-55(57,61)2)34-39(62(4)5)35-46(53)58(51)45-25-17-22-41-40-21-10-13-26-47(40)59(49)52(41)45/h6-14,17-27,32-35H,4,15-16,28-31H2,1-3,5H3. The molecule has 0 spiro atoms. The zero-order valence-electron chi connectivity index (χ0n) is 36.2. The number of rotatable bonds is 3. The molecule has 8 aromatic rings. The van der Waals surface area contributed by atoms with Crippen molar-refractivity contribution in [2.24, 2.45) is 0 Å². The maximum Gasteiger partial charge on any atom is 0.252 e. The lowest BCUT2D eigenvalue weighted by Crippen LogP contribution is -2.64. The lowest BCUT2D eigenvalue weighted by Gasteiger charge is -2.54. The molecule has 0 saturated heterocycles. The molecule has 0 amide bonds. The van der Waals surface area contributed by atoms with E-state index in [0.717, 1.165) is 25.7 Å². The average molecular weight is 816 g/mol. The Hall–Kier alpha value is -5.91. The van der Waals surface area contributed by atoms with Gasteiger partial charge in [-0.25, -0.2) is 0 Å². The minimum Gasteiger partial charge on any atom is -0.335 e. The van der Waals surface area contributed by atoms with Gasteiger partial charge in [-0.2, -0.15) is 0 Å². The largest absolute Gasteiger partial charge is 0.335 e. The smallest absolute Gasteiger partial charge is 0.252 e. The Morgan fingerprint density at radius 3 is 2.19 bits per heavy atom. The molecule has 14 rings (SSSR count). The summed E-state index contributed by atoms with van der Waals surface area (Å²) in [6.07, 6.45) is 11.7. The van der Waals surface area contributed by atoms with Crippen LogP contribution in [0.15, 0.2) is 146 Å². The summed E-state index contributed by atoms with van der Waals surface area (Å²) in [4.78, 5) is 5.74. The minimum atomic E-state index is -1.03. The first kappa shape index (κ1) is 35.7. The van der Waals surface area contributed by atoms with Crippen molar-refractivity contribution in [3.05, 3.63) is 173 Å².